The van der Waals surface area contributed by atoms with Crippen LogP contribution >= 0.6 is 12.2 Å². The van der Waals surface area contributed by atoms with Crippen molar-refractivity contribution in [3.05, 3.63) is 53.2 Å². The van der Waals surface area contributed by atoms with Crippen molar-refractivity contribution in [3.63, 3.8) is 0 Å². The summed E-state index contributed by atoms with van der Waals surface area (Å²) in [4.78, 5) is 0.629. The van der Waals surface area contributed by atoms with Crippen LogP contribution in [0.3, 0.4) is 0 Å². The first-order valence-corrected chi connectivity index (χ1v) is 10.4. The number of methoxy groups -OCH3 is 2. The number of nitrogens with one attached hydrogen (secondary N) is 1. The summed E-state index contributed by atoms with van der Waals surface area (Å²) in [5.74, 6) is 1.83. The van der Waals surface area contributed by atoms with E-state index in [9.17, 15) is 0 Å². The summed E-state index contributed by atoms with van der Waals surface area (Å²) in [6.45, 7) is 10.4. The monoisotopic (exact) mass is 412 g/mol. The van der Waals surface area contributed by atoms with Crippen LogP contribution in [0.2, 0.25) is 0 Å². The molecule has 0 atom stereocenters. The molecule has 3 aromatic rings. The van der Waals surface area contributed by atoms with Crippen LogP contribution in [-0.4, -0.2) is 23.8 Å². The zero-order valence-corrected chi connectivity index (χ0v) is 19.5. The van der Waals surface area contributed by atoms with Gasteiger partial charge in [0.25, 0.3) is 0 Å². The molecule has 2 aromatic carbocycles. The Balaban J connectivity index is 0.00000145. The SMILES string of the molecule is CC.COc1cc(OC)c(C(C)C)cc1C(=S)Nc1ccc2c(c1)c(C)cn2C. The maximum absolute atomic E-state index is 5.71. The minimum absolute atomic E-state index is 0.315. The molecule has 5 heteroatoms. The number of aryl methyl sites for hydroxylation is 2. The van der Waals surface area contributed by atoms with E-state index < -0.39 is 0 Å². The molecule has 4 nitrogen and oxygen atoms in total. The van der Waals surface area contributed by atoms with Gasteiger partial charge in [-0.05, 0) is 48.2 Å². The molecule has 3 rings (SSSR count). The molecular weight excluding hydrogens is 380 g/mol. The number of fused-ring (bicyclic) bond motifs is 1. The topological polar surface area (TPSA) is 35.4 Å². The third kappa shape index (κ3) is 4.73. The van der Waals surface area contributed by atoms with Crippen LogP contribution in [-0.2, 0) is 7.05 Å². The Morgan fingerprint density at radius 2 is 1.69 bits per heavy atom. The quantitative estimate of drug-likeness (QED) is 0.489. The molecule has 0 saturated heterocycles. The van der Waals surface area contributed by atoms with E-state index in [2.05, 4.69) is 62.1 Å². The summed E-state index contributed by atoms with van der Waals surface area (Å²) < 4.78 is 13.2. The van der Waals surface area contributed by atoms with E-state index in [0.717, 1.165) is 22.6 Å². The fourth-order valence-electron chi connectivity index (χ4n) is 3.42. The Bertz CT molecular complexity index is 1010. The van der Waals surface area contributed by atoms with Gasteiger partial charge in [0.1, 0.15) is 16.5 Å². The van der Waals surface area contributed by atoms with Crippen molar-refractivity contribution in [1.29, 1.82) is 0 Å². The standard InChI is InChI=1S/C22H26N2O2S.C2H6/c1-13(2)16-10-18(21(26-6)11-20(16)25-5)22(27)23-15-7-8-19-17(9-15)14(3)12-24(19)4;1-2/h7-13H,1-6H3,(H,23,27);1-2H3. The summed E-state index contributed by atoms with van der Waals surface area (Å²) in [5, 5.41) is 4.58. The van der Waals surface area contributed by atoms with E-state index in [1.54, 1.807) is 14.2 Å². The normalized spacial score (nSPS) is 10.5. The highest BCUT2D eigenvalue weighted by Gasteiger charge is 2.17. The lowest BCUT2D eigenvalue weighted by atomic mass is 9.98. The Labute approximate surface area is 179 Å². The number of hydrogen-bond donors (Lipinski definition) is 1. The fraction of sp³-hybridized carbons (Fsp3) is 0.375. The van der Waals surface area contributed by atoms with Crippen molar-refractivity contribution >= 4 is 33.8 Å². The van der Waals surface area contributed by atoms with Crippen LogP contribution in [0.15, 0.2) is 36.5 Å². The lowest BCUT2D eigenvalue weighted by Crippen LogP contribution is -2.13. The highest BCUT2D eigenvalue weighted by Crippen LogP contribution is 2.34. The lowest BCUT2D eigenvalue weighted by molar-refractivity contribution is 0.389. The molecule has 0 aliphatic heterocycles. The van der Waals surface area contributed by atoms with Crippen molar-refractivity contribution in [1.82, 2.24) is 4.57 Å². The first kappa shape index (κ1) is 22.8. The van der Waals surface area contributed by atoms with Gasteiger partial charge in [-0.2, -0.15) is 0 Å². The second kappa shape index (κ2) is 9.79. The molecule has 29 heavy (non-hydrogen) atoms. The predicted molar refractivity (Wildman–Crippen MR) is 128 cm³/mol. The van der Waals surface area contributed by atoms with Crippen LogP contribution in [0.5, 0.6) is 11.5 Å². The Morgan fingerprint density at radius 1 is 1.03 bits per heavy atom. The average molecular weight is 413 g/mol. The van der Waals surface area contributed by atoms with E-state index in [-0.39, 0.29) is 0 Å². The number of nitrogens with zero attached hydrogens (tertiary/aromatic N) is 1. The zero-order valence-electron chi connectivity index (χ0n) is 18.7. The zero-order chi connectivity index (χ0) is 21.7. The molecule has 0 aliphatic rings. The third-order valence-corrected chi connectivity index (χ3v) is 5.19. The number of benzene rings is 2. The van der Waals surface area contributed by atoms with Crippen molar-refractivity contribution in [3.8, 4) is 11.5 Å². The van der Waals surface area contributed by atoms with Crippen molar-refractivity contribution in [2.45, 2.75) is 40.5 Å². The molecule has 1 heterocycles. The van der Waals surface area contributed by atoms with Gasteiger partial charge in [0.05, 0.1) is 19.8 Å². The number of aromatic nitrogens is 1. The maximum Gasteiger partial charge on any atom is 0.132 e. The lowest BCUT2D eigenvalue weighted by Gasteiger charge is -2.18. The first-order valence-electron chi connectivity index (χ1n) is 9.98. The Hall–Kier alpha value is -2.53. The molecule has 0 aliphatic carbocycles. The van der Waals surface area contributed by atoms with Gasteiger partial charge < -0.3 is 19.4 Å². The van der Waals surface area contributed by atoms with Gasteiger partial charge in [-0.15, -0.1) is 0 Å². The molecular formula is C24H32N2O2S. The smallest absolute Gasteiger partial charge is 0.132 e. The average Bonchev–Trinajstić information content (AvgIpc) is 3.01. The molecule has 0 bridgehead atoms. The summed E-state index contributed by atoms with van der Waals surface area (Å²) in [5.41, 5.74) is 5.37. The summed E-state index contributed by atoms with van der Waals surface area (Å²) in [7, 11) is 5.38. The van der Waals surface area contributed by atoms with Crippen LogP contribution in [0.25, 0.3) is 10.9 Å². The minimum atomic E-state index is 0.315. The highest BCUT2D eigenvalue weighted by molar-refractivity contribution is 7.81. The number of rotatable bonds is 5. The van der Waals surface area contributed by atoms with Gasteiger partial charge in [0, 0.05) is 35.9 Å². The van der Waals surface area contributed by atoms with E-state index in [4.69, 9.17) is 21.7 Å². The molecule has 156 valence electrons. The fourth-order valence-corrected chi connectivity index (χ4v) is 3.69. The molecule has 1 N–H and O–H groups in total. The molecule has 1 aromatic heterocycles. The van der Waals surface area contributed by atoms with Crippen LogP contribution in [0, 0.1) is 6.92 Å². The highest BCUT2D eigenvalue weighted by atomic mass is 32.1. The molecule has 0 amide bonds. The number of thiocarbonyl (C=S) groups is 1. The van der Waals surface area contributed by atoms with E-state index >= 15 is 0 Å². The van der Waals surface area contributed by atoms with E-state index in [0.29, 0.717) is 16.7 Å². The Kier molecular flexibility index (Phi) is 7.68. The van der Waals surface area contributed by atoms with Crippen molar-refractivity contribution in [2.75, 3.05) is 19.5 Å². The summed E-state index contributed by atoms with van der Waals surface area (Å²) >= 11 is 5.71. The third-order valence-electron chi connectivity index (χ3n) is 4.87. The van der Waals surface area contributed by atoms with Crippen LogP contribution in [0.1, 0.15) is 50.3 Å². The number of anilines is 1. The predicted octanol–water partition coefficient (Wildman–Crippen LogP) is 6.44. The molecule has 0 unspecified atom stereocenters. The van der Waals surface area contributed by atoms with Gasteiger partial charge in [0.2, 0.25) is 0 Å². The molecule has 0 spiro atoms. The molecule has 0 radical (unpaired) electrons. The molecule has 0 saturated carbocycles. The van der Waals surface area contributed by atoms with Crippen LogP contribution < -0.4 is 14.8 Å². The number of ether oxygens (including phenoxy) is 2. The minimum Gasteiger partial charge on any atom is -0.496 e. The largest absolute Gasteiger partial charge is 0.496 e. The van der Waals surface area contributed by atoms with Gasteiger partial charge in [0.15, 0.2) is 0 Å². The second-order valence-electron chi connectivity index (χ2n) is 7.06. The van der Waals surface area contributed by atoms with Gasteiger partial charge in [-0.3, -0.25) is 0 Å². The Morgan fingerprint density at radius 3 is 2.28 bits per heavy atom. The van der Waals surface area contributed by atoms with Gasteiger partial charge in [-0.1, -0.05) is 39.9 Å². The first-order chi connectivity index (χ1) is 13.8. The van der Waals surface area contributed by atoms with E-state index in [1.165, 1.54) is 16.5 Å². The summed E-state index contributed by atoms with van der Waals surface area (Å²) in [6.07, 6.45) is 2.13. The van der Waals surface area contributed by atoms with Crippen molar-refractivity contribution in [2.24, 2.45) is 7.05 Å². The maximum atomic E-state index is 5.71. The number of hydrogen-bond acceptors (Lipinski definition) is 3. The van der Waals surface area contributed by atoms with Crippen molar-refractivity contribution < 1.29 is 9.47 Å². The van der Waals surface area contributed by atoms with Crippen LogP contribution in [0.4, 0.5) is 5.69 Å². The molecule has 0 fully saturated rings. The van der Waals surface area contributed by atoms with Gasteiger partial charge >= 0.3 is 0 Å². The second-order valence-corrected chi connectivity index (χ2v) is 7.47. The van der Waals surface area contributed by atoms with Gasteiger partial charge in [-0.25, -0.2) is 0 Å². The van der Waals surface area contributed by atoms with E-state index in [1.807, 2.05) is 26.0 Å². The summed E-state index contributed by atoms with van der Waals surface area (Å²) in [6, 6.07) is 10.3.